The van der Waals surface area contributed by atoms with Gasteiger partial charge in [0.2, 0.25) is 11.7 Å². The molecule has 1 aromatic heterocycles. The maximum absolute atomic E-state index is 12.0. The predicted molar refractivity (Wildman–Crippen MR) is 101 cm³/mol. The summed E-state index contributed by atoms with van der Waals surface area (Å²) in [5.74, 6) is 1.15. The quantitative estimate of drug-likeness (QED) is 0.640. The number of tetrazole rings is 1. The molecule has 1 N–H and O–H groups in total. The van der Waals surface area contributed by atoms with Crippen LogP contribution in [0.1, 0.15) is 5.56 Å². The molecule has 2 aromatic carbocycles. The molecule has 0 saturated carbocycles. The van der Waals surface area contributed by atoms with Gasteiger partial charge in [-0.25, -0.2) is 0 Å². The molecule has 0 aliphatic carbocycles. The van der Waals surface area contributed by atoms with Crippen LogP contribution in [0.4, 0.5) is 0 Å². The average molecular weight is 416 g/mol. The molecule has 0 unspecified atom stereocenters. The van der Waals surface area contributed by atoms with Gasteiger partial charge in [-0.3, -0.25) is 4.79 Å². The Morgan fingerprint density at radius 1 is 1.15 bits per heavy atom. The molecule has 1 amide bonds. The van der Waals surface area contributed by atoms with Gasteiger partial charge in [0, 0.05) is 16.6 Å². The van der Waals surface area contributed by atoms with Crippen LogP contribution in [0.25, 0.3) is 11.4 Å². The highest BCUT2D eigenvalue weighted by molar-refractivity contribution is 9.10. The van der Waals surface area contributed by atoms with Gasteiger partial charge in [0.05, 0.1) is 7.11 Å². The summed E-state index contributed by atoms with van der Waals surface area (Å²) in [7, 11) is 1.63. The van der Waals surface area contributed by atoms with Crippen LogP contribution in [0.5, 0.6) is 5.75 Å². The van der Waals surface area contributed by atoms with Crippen LogP contribution in [0, 0.1) is 0 Å². The SMILES string of the molecule is COc1ccc(CCNC(=O)Cn2nnc(-c3ccc(Br)cc3)n2)cc1. The lowest BCUT2D eigenvalue weighted by Crippen LogP contribution is -2.30. The molecule has 1 heterocycles. The monoisotopic (exact) mass is 415 g/mol. The van der Waals surface area contributed by atoms with Crippen LogP contribution in [0.3, 0.4) is 0 Å². The number of hydrogen-bond donors (Lipinski definition) is 1. The van der Waals surface area contributed by atoms with E-state index in [2.05, 4.69) is 36.7 Å². The summed E-state index contributed by atoms with van der Waals surface area (Å²) in [5.41, 5.74) is 1.97. The summed E-state index contributed by atoms with van der Waals surface area (Å²) >= 11 is 3.38. The molecule has 0 atom stereocenters. The molecule has 0 radical (unpaired) electrons. The molecule has 0 saturated heterocycles. The average Bonchev–Trinajstić information content (AvgIpc) is 3.11. The minimum atomic E-state index is -0.154. The van der Waals surface area contributed by atoms with Crippen molar-refractivity contribution in [3.63, 3.8) is 0 Å². The van der Waals surface area contributed by atoms with Crippen molar-refractivity contribution in [1.82, 2.24) is 25.5 Å². The summed E-state index contributed by atoms with van der Waals surface area (Å²) in [6, 6.07) is 15.4. The highest BCUT2D eigenvalue weighted by atomic mass is 79.9. The van der Waals surface area contributed by atoms with Gasteiger partial charge in [-0.05, 0) is 53.6 Å². The number of aromatic nitrogens is 4. The van der Waals surface area contributed by atoms with Crippen LogP contribution in [0.15, 0.2) is 53.0 Å². The van der Waals surface area contributed by atoms with Crippen LogP contribution >= 0.6 is 15.9 Å². The molecule has 8 heteroatoms. The summed E-state index contributed by atoms with van der Waals surface area (Å²) in [6.45, 7) is 0.575. The molecule has 0 bridgehead atoms. The van der Waals surface area contributed by atoms with E-state index in [0.29, 0.717) is 12.4 Å². The number of ether oxygens (including phenoxy) is 1. The van der Waals surface area contributed by atoms with Crippen molar-refractivity contribution in [3.8, 4) is 17.1 Å². The molecule has 0 fully saturated rings. The van der Waals surface area contributed by atoms with Gasteiger partial charge < -0.3 is 10.1 Å². The summed E-state index contributed by atoms with van der Waals surface area (Å²) in [5, 5.41) is 15.0. The van der Waals surface area contributed by atoms with E-state index < -0.39 is 0 Å². The number of carbonyl (C=O) groups is 1. The van der Waals surface area contributed by atoms with Gasteiger partial charge in [0.15, 0.2) is 0 Å². The zero-order chi connectivity index (χ0) is 18.4. The molecule has 0 aliphatic rings. The second-order valence-corrected chi connectivity index (χ2v) is 6.51. The van der Waals surface area contributed by atoms with Crippen molar-refractivity contribution in [3.05, 3.63) is 58.6 Å². The molecule has 134 valence electrons. The van der Waals surface area contributed by atoms with E-state index in [9.17, 15) is 4.79 Å². The van der Waals surface area contributed by atoms with Gasteiger partial charge in [-0.2, -0.15) is 4.80 Å². The van der Waals surface area contributed by atoms with E-state index in [-0.39, 0.29) is 12.5 Å². The van der Waals surface area contributed by atoms with Crippen LogP contribution in [0.2, 0.25) is 0 Å². The fraction of sp³-hybridized carbons (Fsp3) is 0.222. The maximum Gasteiger partial charge on any atom is 0.243 e. The van der Waals surface area contributed by atoms with E-state index in [4.69, 9.17) is 4.74 Å². The van der Waals surface area contributed by atoms with Crippen LogP contribution < -0.4 is 10.1 Å². The fourth-order valence-electron chi connectivity index (χ4n) is 2.35. The molecular formula is C18H18BrN5O2. The molecule has 26 heavy (non-hydrogen) atoms. The summed E-state index contributed by atoms with van der Waals surface area (Å²) in [6.07, 6.45) is 0.741. The van der Waals surface area contributed by atoms with E-state index in [1.54, 1.807) is 7.11 Å². The molecule has 7 nitrogen and oxygen atoms in total. The molecular weight excluding hydrogens is 398 g/mol. The third-order valence-corrected chi connectivity index (χ3v) is 4.26. The lowest BCUT2D eigenvalue weighted by atomic mass is 10.1. The van der Waals surface area contributed by atoms with Crippen molar-refractivity contribution in [2.45, 2.75) is 13.0 Å². The van der Waals surface area contributed by atoms with E-state index >= 15 is 0 Å². The smallest absolute Gasteiger partial charge is 0.243 e. The number of hydrogen-bond acceptors (Lipinski definition) is 5. The normalized spacial score (nSPS) is 10.5. The van der Waals surface area contributed by atoms with Gasteiger partial charge in [-0.1, -0.05) is 28.1 Å². The minimum Gasteiger partial charge on any atom is -0.497 e. The third kappa shape index (κ3) is 4.89. The Morgan fingerprint density at radius 3 is 2.58 bits per heavy atom. The number of nitrogens with zero attached hydrogens (tertiary/aromatic N) is 4. The van der Waals surface area contributed by atoms with Crippen molar-refractivity contribution in [1.29, 1.82) is 0 Å². The Morgan fingerprint density at radius 2 is 1.88 bits per heavy atom. The van der Waals surface area contributed by atoms with E-state index in [0.717, 1.165) is 27.8 Å². The minimum absolute atomic E-state index is 0.0339. The fourth-order valence-corrected chi connectivity index (χ4v) is 2.61. The number of methoxy groups -OCH3 is 1. The topological polar surface area (TPSA) is 81.9 Å². The number of benzene rings is 2. The Labute approximate surface area is 159 Å². The Hall–Kier alpha value is -2.74. The molecule has 0 spiro atoms. The lowest BCUT2D eigenvalue weighted by molar-refractivity contribution is -0.122. The van der Waals surface area contributed by atoms with Gasteiger partial charge >= 0.3 is 0 Å². The first-order valence-corrected chi connectivity index (χ1v) is 8.87. The first-order chi connectivity index (χ1) is 12.6. The van der Waals surface area contributed by atoms with Crippen molar-refractivity contribution in [2.24, 2.45) is 0 Å². The van der Waals surface area contributed by atoms with E-state index in [1.807, 2.05) is 48.5 Å². The summed E-state index contributed by atoms with van der Waals surface area (Å²) in [4.78, 5) is 13.3. The Balaban J connectivity index is 1.48. The second-order valence-electron chi connectivity index (χ2n) is 5.60. The first-order valence-electron chi connectivity index (χ1n) is 8.07. The highest BCUT2D eigenvalue weighted by Crippen LogP contribution is 2.17. The number of amides is 1. The number of halogens is 1. The maximum atomic E-state index is 12.0. The van der Waals surface area contributed by atoms with Gasteiger partial charge in [0.1, 0.15) is 12.3 Å². The number of rotatable bonds is 7. The second kappa shape index (κ2) is 8.57. The van der Waals surface area contributed by atoms with Gasteiger partial charge in [0.25, 0.3) is 0 Å². The lowest BCUT2D eigenvalue weighted by Gasteiger charge is -2.05. The van der Waals surface area contributed by atoms with Crippen molar-refractivity contribution >= 4 is 21.8 Å². The van der Waals surface area contributed by atoms with Crippen LogP contribution in [-0.4, -0.2) is 39.8 Å². The van der Waals surface area contributed by atoms with E-state index in [1.165, 1.54) is 4.80 Å². The zero-order valence-electron chi connectivity index (χ0n) is 14.2. The summed E-state index contributed by atoms with van der Waals surface area (Å²) < 4.78 is 6.10. The molecule has 3 aromatic rings. The Kier molecular flexibility index (Phi) is 5.96. The first kappa shape index (κ1) is 18.1. The van der Waals surface area contributed by atoms with Crippen LogP contribution in [-0.2, 0) is 17.8 Å². The zero-order valence-corrected chi connectivity index (χ0v) is 15.8. The highest BCUT2D eigenvalue weighted by Gasteiger charge is 2.09. The molecule has 3 rings (SSSR count). The van der Waals surface area contributed by atoms with Crippen molar-refractivity contribution < 1.29 is 9.53 Å². The third-order valence-electron chi connectivity index (χ3n) is 3.74. The Bertz CT molecular complexity index is 862. The standard InChI is InChI=1S/C18H18BrN5O2/c1-26-16-8-2-13(3-9-16)10-11-20-17(25)12-24-22-18(21-23-24)14-4-6-15(19)7-5-14/h2-9H,10-12H2,1H3,(H,20,25). The van der Waals surface area contributed by atoms with Gasteiger partial charge in [-0.15, -0.1) is 10.2 Å². The number of carbonyl (C=O) groups excluding carboxylic acids is 1. The van der Waals surface area contributed by atoms with Crippen molar-refractivity contribution in [2.75, 3.05) is 13.7 Å². The predicted octanol–water partition coefficient (Wildman–Crippen LogP) is 2.47. The molecule has 0 aliphatic heterocycles. The number of nitrogens with one attached hydrogen (secondary N) is 1. The largest absolute Gasteiger partial charge is 0.497 e.